The van der Waals surface area contributed by atoms with Crippen molar-refractivity contribution < 1.29 is 5.11 Å². The van der Waals surface area contributed by atoms with Crippen molar-refractivity contribution in [1.82, 2.24) is 14.8 Å². The van der Waals surface area contributed by atoms with Gasteiger partial charge in [0.15, 0.2) is 0 Å². The van der Waals surface area contributed by atoms with Crippen LogP contribution in [0.15, 0.2) is 0 Å². The predicted octanol–water partition coefficient (Wildman–Crippen LogP) is 0.437. The molecular weight excluding hydrogens is 166 g/mol. The van der Waals surface area contributed by atoms with E-state index in [4.69, 9.17) is 0 Å². The fourth-order valence-corrected chi connectivity index (χ4v) is 1.65. The second-order valence-corrected chi connectivity index (χ2v) is 3.83. The highest BCUT2D eigenvalue weighted by molar-refractivity contribution is 4.97. The third-order valence-corrected chi connectivity index (χ3v) is 3.00. The minimum Gasteiger partial charge on any atom is -0.393 e. The molecule has 1 aliphatic carbocycles. The van der Waals surface area contributed by atoms with Gasteiger partial charge in [-0.2, -0.15) is 0 Å². The molecule has 2 unspecified atom stereocenters. The van der Waals surface area contributed by atoms with Crippen molar-refractivity contribution in [3.63, 3.8) is 0 Å². The van der Waals surface area contributed by atoms with Crippen LogP contribution in [0.4, 0.5) is 0 Å². The summed E-state index contributed by atoms with van der Waals surface area (Å²) in [6, 6.07) is 0. The smallest absolute Gasteiger partial charge is 0.133 e. The summed E-state index contributed by atoms with van der Waals surface area (Å²) in [7, 11) is 1.97. The van der Waals surface area contributed by atoms with Gasteiger partial charge in [0, 0.05) is 13.5 Å². The molecule has 2 atom stereocenters. The number of rotatable bonds is 2. The van der Waals surface area contributed by atoms with Gasteiger partial charge in [-0.15, -0.1) is 10.2 Å². The molecule has 1 aromatic rings. The topological polar surface area (TPSA) is 50.9 Å². The van der Waals surface area contributed by atoms with E-state index in [-0.39, 0.29) is 6.10 Å². The molecule has 0 spiro atoms. The zero-order chi connectivity index (χ0) is 9.42. The molecule has 13 heavy (non-hydrogen) atoms. The number of aliphatic hydroxyl groups excluding tert-OH is 1. The number of aromatic nitrogens is 3. The Morgan fingerprint density at radius 2 is 2.23 bits per heavy atom. The third-order valence-electron chi connectivity index (χ3n) is 3.00. The van der Waals surface area contributed by atoms with Crippen LogP contribution in [0, 0.1) is 12.8 Å². The standard InChI is InChI=1S/C9H15N3O/c1-6-10-11-9(12(6)2)5-7-3-4-8(7)13/h7-8,13H,3-5H2,1-2H3. The molecule has 0 radical (unpaired) electrons. The second kappa shape index (κ2) is 3.10. The van der Waals surface area contributed by atoms with E-state index in [1.54, 1.807) is 0 Å². The van der Waals surface area contributed by atoms with Gasteiger partial charge in [-0.25, -0.2) is 0 Å². The van der Waals surface area contributed by atoms with Crippen LogP contribution in [0.5, 0.6) is 0 Å². The van der Waals surface area contributed by atoms with Gasteiger partial charge in [-0.1, -0.05) is 0 Å². The Labute approximate surface area is 77.6 Å². The van der Waals surface area contributed by atoms with Crippen molar-refractivity contribution in [2.24, 2.45) is 13.0 Å². The molecule has 2 rings (SSSR count). The Kier molecular flexibility index (Phi) is 2.07. The van der Waals surface area contributed by atoms with Gasteiger partial charge in [-0.3, -0.25) is 0 Å². The quantitative estimate of drug-likeness (QED) is 0.720. The second-order valence-electron chi connectivity index (χ2n) is 3.83. The fraction of sp³-hybridized carbons (Fsp3) is 0.778. The van der Waals surface area contributed by atoms with E-state index >= 15 is 0 Å². The van der Waals surface area contributed by atoms with Gasteiger partial charge in [0.05, 0.1) is 6.10 Å². The lowest BCUT2D eigenvalue weighted by Crippen LogP contribution is -2.33. The average molecular weight is 181 g/mol. The Hall–Kier alpha value is -0.900. The number of nitrogens with zero attached hydrogens (tertiary/aromatic N) is 3. The third kappa shape index (κ3) is 1.46. The van der Waals surface area contributed by atoms with E-state index in [0.717, 1.165) is 30.9 Å². The highest BCUT2D eigenvalue weighted by Crippen LogP contribution is 2.29. The molecule has 72 valence electrons. The summed E-state index contributed by atoms with van der Waals surface area (Å²) in [6.45, 7) is 1.94. The first-order chi connectivity index (χ1) is 6.18. The summed E-state index contributed by atoms with van der Waals surface area (Å²) in [4.78, 5) is 0. The van der Waals surface area contributed by atoms with Gasteiger partial charge < -0.3 is 9.67 Å². The van der Waals surface area contributed by atoms with E-state index in [1.807, 2.05) is 18.5 Å². The molecule has 1 fully saturated rings. The van der Waals surface area contributed by atoms with Crippen molar-refractivity contribution in [2.45, 2.75) is 32.3 Å². The van der Waals surface area contributed by atoms with Gasteiger partial charge in [0.2, 0.25) is 0 Å². The first-order valence-corrected chi connectivity index (χ1v) is 4.71. The van der Waals surface area contributed by atoms with E-state index in [2.05, 4.69) is 10.2 Å². The molecule has 4 nitrogen and oxygen atoms in total. The maximum atomic E-state index is 9.41. The molecule has 0 amide bonds. The van der Waals surface area contributed by atoms with Gasteiger partial charge in [0.25, 0.3) is 0 Å². The molecule has 0 saturated heterocycles. The lowest BCUT2D eigenvalue weighted by atomic mass is 9.79. The van der Waals surface area contributed by atoms with E-state index in [1.165, 1.54) is 0 Å². The summed E-state index contributed by atoms with van der Waals surface area (Å²) >= 11 is 0. The zero-order valence-electron chi connectivity index (χ0n) is 8.06. The molecule has 1 aliphatic rings. The highest BCUT2D eigenvalue weighted by atomic mass is 16.3. The minimum absolute atomic E-state index is 0.114. The lowest BCUT2D eigenvalue weighted by Gasteiger charge is -2.31. The molecule has 1 N–H and O–H groups in total. The monoisotopic (exact) mass is 181 g/mol. The van der Waals surface area contributed by atoms with Crippen LogP contribution < -0.4 is 0 Å². The summed E-state index contributed by atoms with van der Waals surface area (Å²) in [5.74, 6) is 2.33. The number of hydrogen-bond donors (Lipinski definition) is 1. The van der Waals surface area contributed by atoms with Gasteiger partial charge in [-0.05, 0) is 25.7 Å². The molecule has 0 aliphatic heterocycles. The number of aliphatic hydroxyl groups is 1. The Morgan fingerprint density at radius 1 is 1.46 bits per heavy atom. The summed E-state index contributed by atoms with van der Waals surface area (Å²) in [6.07, 6.45) is 2.81. The largest absolute Gasteiger partial charge is 0.393 e. The van der Waals surface area contributed by atoms with Crippen LogP contribution in [0.1, 0.15) is 24.5 Å². The molecule has 1 aromatic heterocycles. The van der Waals surface area contributed by atoms with Crippen LogP contribution in [0.25, 0.3) is 0 Å². The van der Waals surface area contributed by atoms with Crippen LogP contribution in [0.2, 0.25) is 0 Å². The normalized spacial score (nSPS) is 27.3. The summed E-state index contributed by atoms with van der Waals surface area (Å²) in [5, 5.41) is 17.5. The van der Waals surface area contributed by atoms with Crippen molar-refractivity contribution in [2.75, 3.05) is 0 Å². The van der Waals surface area contributed by atoms with Crippen LogP contribution in [-0.4, -0.2) is 26.0 Å². The summed E-state index contributed by atoms with van der Waals surface area (Å²) in [5.41, 5.74) is 0. The fourth-order valence-electron chi connectivity index (χ4n) is 1.65. The highest BCUT2D eigenvalue weighted by Gasteiger charge is 2.30. The van der Waals surface area contributed by atoms with Crippen LogP contribution >= 0.6 is 0 Å². The van der Waals surface area contributed by atoms with Crippen molar-refractivity contribution in [3.05, 3.63) is 11.6 Å². The average Bonchev–Trinajstić information content (AvgIpc) is 2.42. The zero-order valence-corrected chi connectivity index (χ0v) is 8.06. The van der Waals surface area contributed by atoms with Crippen LogP contribution in [-0.2, 0) is 13.5 Å². The molecule has 0 bridgehead atoms. The lowest BCUT2D eigenvalue weighted by molar-refractivity contribution is 0.0230. The van der Waals surface area contributed by atoms with Crippen molar-refractivity contribution >= 4 is 0 Å². The molecule has 1 heterocycles. The minimum atomic E-state index is -0.114. The first kappa shape index (κ1) is 8.69. The predicted molar refractivity (Wildman–Crippen MR) is 48.2 cm³/mol. The van der Waals surface area contributed by atoms with E-state index in [9.17, 15) is 5.11 Å². The maximum Gasteiger partial charge on any atom is 0.133 e. The molecule has 1 saturated carbocycles. The SMILES string of the molecule is Cc1nnc(CC2CCC2O)n1C. The number of hydrogen-bond acceptors (Lipinski definition) is 3. The maximum absolute atomic E-state index is 9.41. The van der Waals surface area contributed by atoms with Gasteiger partial charge >= 0.3 is 0 Å². The van der Waals surface area contributed by atoms with Crippen LogP contribution in [0.3, 0.4) is 0 Å². The molecular formula is C9H15N3O. The Bertz CT molecular complexity index is 308. The number of aryl methyl sites for hydroxylation is 1. The molecule has 4 heteroatoms. The Morgan fingerprint density at radius 3 is 2.62 bits per heavy atom. The molecule has 0 aromatic carbocycles. The summed E-state index contributed by atoms with van der Waals surface area (Å²) < 4.78 is 1.99. The van der Waals surface area contributed by atoms with Gasteiger partial charge in [0.1, 0.15) is 11.6 Å². The Balaban J connectivity index is 2.05. The first-order valence-electron chi connectivity index (χ1n) is 4.71. The van der Waals surface area contributed by atoms with Crippen molar-refractivity contribution in [3.8, 4) is 0 Å². The van der Waals surface area contributed by atoms with E-state index < -0.39 is 0 Å². The van der Waals surface area contributed by atoms with E-state index in [0.29, 0.717) is 5.92 Å². The van der Waals surface area contributed by atoms with Crippen molar-refractivity contribution in [1.29, 1.82) is 0 Å².